The second kappa shape index (κ2) is 13.2. The third-order valence-electron chi connectivity index (χ3n) is 6.44. The lowest BCUT2D eigenvalue weighted by Gasteiger charge is -2.25. The van der Waals surface area contributed by atoms with Crippen molar-refractivity contribution in [2.24, 2.45) is 4.99 Å². The second-order valence-corrected chi connectivity index (χ2v) is 11.5. The van der Waals surface area contributed by atoms with E-state index in [2.05, 4.69) is 46.0 Å². The number of hydrogen-bond donors (Lipinski definition) is 2. The molecular formula is C27H26N10O2S2. The highest BCUT2D eigenvalue weighted by molar-refractivity contribution is 7.15. The Labute approximate surface area is 244 Å². The van der Waals surface area contributed by atoms with Crippen LogP contribution in [0.3, 0.4) is 0 Å². The third kappa shape index (κ3) is 7.59. The zero-order chi connectivity index (χ0) is 28.6. The standard InChI is InChI=1S/C27H26N10O2S2/c1-29-15-21-10-4-8-19(31-21)13-23(39)33-27-37-35-25(41-27)17-6-2-5-16(11-17)24-34-36-26(40-24)32-22(38)12-18-7-3-9-20(14-28)30-18/h3-4,7-10,15-17H,2,5-6,11-13H2,1H3,(H,32,36,38)(H,33,37,39)/t16-,17?/m0/s1. The molecule has 1 saturated carbocycles. The zero-order valence-electron chi connectivity index (χ0n) is 22.1. The minimum atomic E-state index is -0.265. The highest BCUT2D eigenvalue weighted by Gasteiger charge is 2.29. The quantitative estimate of drug-likeness (QED) is 0.276. The number of carbonyl (C=O) groups excluding carboxylic acids is 2. The molecule has 12 nitrogen and oxygen atoms in total. The number of hydrogen-bond acceptors (Lipinski definition) is 12. The first-order valence-electron chi connectivity index (χ1n) is 13.0. The van der Waals surface area contributed by atoms with Gasteiger partial charge in [0.1, 0.15) is 21.8 Å². The van der Waals surface area contributed by atoms with Gasteiger partial charge in [0.2, 0.25) is 22.1 Å². The Hall–Kier alpha value is -4.48. The summed E-state index contributed by atoms with van der Waals surface area (Å²) in [6, 6.07) is 12.5. The summed E-state index contributed by atoms with van der Waals surface area (Å²) in [6.45, 7) is 0. The van der Waals surface area contributed by atoms with Crippen molar-refractivity contribution in [3.05, 3.63) is 69.2 Å². The van der Waals surface area contributed by atoms with E-state index in [9.17, 15) is 9.59 Å². The number of nitriles is 1. The fourth-order valence-corrected chi connectivity index (χ4v) is 6.45. The van der Waals surface area contributed by atoms with Crippen molar-refractivity contribution >= 4 is 51.0 Å². The Morgan fingerprint density at radius 3 is 2.10 bits per heavy atom. The predicted octanol–water partition coefficient (Wildman–Crippen LogP) is 3.90. The summed E-state index contributed by atoms with van der Waals surface area (Å²) >= 11 is 2.76. The van der Waals surface area contributed by atoms with Crippen LogP contribution >= 0.6 is 22.7 Å². The number of rotatable bonds is 9. The maximum Gasteiger partial charge on any atom is 0.232 e. The van der Waals surface area contributed by atoms with Crippen molar-refractivity contribution in [1.82, 2.24) is 30.4 Å². The molecule has 2 N–H and O–H groups in total. The van der Waals surface area contributed by atoms with Crippen LogP contribution in [0.4, 0.5) is 10.3 Å². The first-order valence-corrected chi connectivity index (χ1v) is 14.6. The largest absolute Gasteiger partial charge is 0.300 e. The van der Waals surface area contributed by atoms with Crippen molar-refractivity contribution in [3.8, 4) is 6.07 Å². The van der Waals surface area contributed by atoms with Crippen LogP contribution in [0.5, 0.6) is 0 Å². The SMILES string of the molecule is CN=Cc1cccc(CC(=O)Nc2nnc(C3CCC[C@H](c4nnc(NC(=O)Cc5cccc(C#N)n5)s4)C3)s2)n1. The average molecular weight is 587 g/mol. The summed E-state index contributed by atoms with van der Waals surface area (Å²) in [7, 11) is 1.67. The molecule has 4 aromatic heterocycles. The maximum atomic E-state index is 12.6. The minimum Gasteiger partial charge on any atom is -0.300 e. The third-order valence-corrected chi connectivity index (χ3v) is 8.44. The monoisotopic (exact) mass is 586 g/mol. The molecule has 0 radical (unpaired) electrons. The van der Waals surface area contributed by atoms with Gasteiger partial charge < -0.3 is 10.6 Å². The number of carbonyl (C=O) groups is 2. The summed E-state index contributed by atoms with van der Waals surface area (Å²) in [6.07, 6.45) is 5.61. The second-order valence-electron chi connectivity index (χ2n) is 9.47. The molecule has 0 aromatic carbocycles. The molecule has 14 heteroatoms. The van der Waals surface area contributed by atoms with E-state index in [-0.39, 0.29) is 42.2 Å². The van der Waals surface area contributed by atoms with Crippen molar-refractivity contribution < 1.29 is 9.59 Å². The lowest BCUT2D eigenvalue weighted by Crippen LogP contribution is -2.15. The highest BCUT2D eigenvalue weighted by atomic mass is 32.1. The Kier molecular flexibility index (Phi) is 9.07. The Morgan fingerprint density at radius 1 is 0.927 bits per heavy atom. The van der Waals surface area contributed by atoms with Gasteiger partial charge in [-0.3, -0.25) is 19.6 Å². The fourth-order valence-electron chi connectivity index (χ4n) is 4.64. The summed E-state index contributed by atoms with van der Waals surface area (Å²) < 4.78 is 0. The molecule has 1 fully saturated rings. The van der Waals surface area contributed by atoms with Crippen LogP contribution in [0.1, 0.15) is 70.3 Å². The van der Waals surface area contributed by atoms with Crippen LogP contribution in [0.15, 0.2) is 41.4 Å². The van der Waals surface area contributed by atoms with Gasteiger partial charge in [-0.1, -0.05) is 41.2 Å². The van der Waals surface area contributed by atoms with Gasteiger partial charge in [-0.2, -0.15) is 5.26 Å². The van der Waals surface area contributed by atoms with Crippen LogP contribution in [-0.4, -0.2) is 55.4 Å². The van der Waals surface area contributed by atoms with Crippen molar-refractivity contribution in [1.29, 1.82) is 5.26 Å². The Morgan fingerprint density at radius 2 is 1.51 bits per heavy atom. The van der Waals surface area contributed by atoms with E-state index >= 15 is 0 Å². The number of anilines is 2. The smallest absolute Gasteiger partial charge is 0.232 e. The highest BCUT2D eigenvalue weighted by Crippen LogP contribution is 2.43. The first kappa shape index (κ1) is 28.1. The van der Waals surface area contributed by atoms with Crippen LogP contribution in [0.25, 0.3) is 0 Å². The zero-order valence-corrected chi connectivity index (χ0v) is 23.8. The lowest BCUT2D eigenvalue weighted by atomic mass is 9.82. The van der Waals surface area contributed by atoms with E-state index in [0.717, 1.165) is 35.7 Å². The number of pyridine rings is 2. The summed E-state index contributed by atoms with van der Waals surface area (Å²) in [5.41, 5.74) is 2.14. The van der Waals surface area contributed by atoms with Gasteiger partial charge >= 0.3 is 0 Å². The van der Waals surface area contributed by atoms with Crippen molar-refractivity contribution in [2.45, 2.75) is 50.4 Å². The average Bonchev–Trinajstić information content (AvgIpc) is 3.63. The number of amides is 2. The molecule has 208 valence electrons. The van der Waals surface area contributed by atoms with Gasteiger partial charge in [0.15, 0.2) is 0 Å². The van der Waals surface area contributed by atoms with E-state index in [1.165, 1.54) is 22.7 Å². The molecular weight excluding hydrogens is 560 g/mol. The van der Waals surface area contributed by atoms with Gasteiger partial charge in [-0.15, -0.1) is 20.4 Å². The predicted molar refractivity (Wildman–Crippen MR) is 155 cm³/mol. The first-order chi connectivity index (χ1) is 20.0. The summed E-state index contributed by atoms with van der Waals surface area (Å²) in [5.74, 6) is -0.0790. The van der Waals surface area contributed by atoms with E-state index in [1.54, 1.807) is 37.5 Å². The molecule has 41 heavy (non-hydrogen) atoms. The lowest BCUT2D eigenvalue weighted by molar-refractivity contribution is -0.116. The molecule has 4 aromatic rings. The molecule has 5 rings (SSSR count). The topological polar surface area (TPSA) is 172 Å². The minimum absolute atomic E-state index is 0.0441. The molecule has 1 aliphatic carbocycles. The number of nitrogens with one attached hydrogen (secondary N) is 2. The van der Waals surface area contributed by atoms with E-state index < -0.39 is 0 Å². The van der Waals surface area contributed by atoms with Crippen LogP contribution in [0.2, 0.25) is 0 Å². The maximum absolute atomic E-state index is 12.6. The molecule has 1 aliphatic rings. The van der Waals surface area contributed by atoms with Gasteiger partial charge in [-0.05, 0) is 43.5 Å². The fraction of sp³-hybridized carbons (Fsp3) is 0.333. The van der Waals surface area contributed by atoms with Crippen LogP contribution in [-0.2, 0) is 22.4 Å². The molecule has 0 aliphatic heterocycles. The van der Waals surface area contributed by atoms with Gasteiger partial charge in [0, 0.05) is 25.1 Å². The molecule has 0 bridgehead atoms. The van der Waals surface area contributed by atoms with Gasteiger partial charge in [0.25, 0.3) is 0 Å². The van der Waals surface area contributed by atoms with Crippen molar-refractivity contribution in [2.75, 3.05) is 17.7 Å². The Balaban J connectivity index is 1.15. The van der Waals surface area contributed by atoms with Gasteiger partial charge in [0.05, 0.1) is 29.9 Å². The molecule has 2 amide bonds. The summed E-state index contributed by atoms with van der Waals surface area (Å²) in [4.78, 5) is 37.6. The Bertz CT molecular complexity index is 1610. The van der Waals surface area contributed by atoms with Crippen LogP contribution < -0.4 is 10.6 Å². The molecule has 0 spiro atoms. The summed E-state index contributed by atoms with van der Waals surface area (Å²) in [5, 5.41) is 34.4. The molecule has 4 heterocycles. The van der Waals surface area contributed by atoms with E-state index in [4.69, 9.17) is 5.26 Å². The van der Waals surface area contributed by atoms with E-state index in [1.807, 2.05) is 18.2 Å². The normalized spacial score (nSPS) is 16.8. The van der Waals surface area contributed by atoms with Crippen LogP contribution in [0, 0.1) is 11.3 Å². The molecule has 1 unspecified atom stereocenters. The number of aliphatic imine (C=N–C) groups is 1. The number of aromatic nitrogens is 6. The van der Waals surface area contributed by atoms with Crippen molar-refractivity contribution in [3.63, 3.8) is 0 Å². The molecule has 0 saturated heterocycles. The van der Waals surface area contributed by atoms with E-state index in [0.29, 0.717) is 27.3 Å². The molecule has 2 atom stereocenters. The van der Waals surface area contributed by atoms with Gasteiger partial charge in [-0.25, -0.2) is 4.98 Å². The number of nitrogens with zero attached hydrogens (tertiary/aromatic N) is 8.